The highest BCUT2D eigenvalue weighted by Crippen LogP contribution is 2.21. The molecule has 2 aromatic carbocycles. The SMILES string of the molecule is Brc1cccc(/C=N/Nc2nnc3c(n2)[nH]c2ccccc23)c1. The van der Waals surface area contributed by atoms with Crippen molar-refractivity contribution in [3.05, 3.63) is 58.6 Å². The monoisotopic (exact) mass is 366 g/mol. The Bertz CT molecular complexity index is 1020. The molecule has 2 N–H and O–H groups in total. The molecule has 2 aromatic heterocycles. The van der Waals surface area contributed by atoms with E-state index in [0.717, 1.165) is 26.5 Å². The van der Waals surface area contributed by atoms with Crippen LogP contribution >= 0.6 is 15.9 Å². The molecule has 0 amide bonds. The molecule has 23 heavy (non-hydrogen) atoms. The van der Waals surface area contributed by atoms with Gasteiger partial charge in [-0.25, -0.2) is 5.43 Å². The summed E-state index contributed by atoms with van der Waals surface area (Å²) in [5, 5.41) is 13.4. The summed E-state index contributed by atoms with van der Waals surface area (Å²) in [5.74, 6) is 0.343. The van der Waals surface area contributed by atoms with Crippen molar-refractivity contribution >= 4 is 50.2 Å². The molecule has 0 fully saturated rings. The first kappa shape index (κ1) is 13.8. The van der Waals surface area contributed by atoms with Crippen LogP contribution in [0, 0.1) is 0 Å². The van der Waals surface area contributed by atoms with E-state index in [1.165, 1.54) is 0 Å². The fourth-order valence-corrected chi connectivity index (χ4v) is 2.74. The topological polar surface area (TPSA) is 78.8 Å². The van der Waals surface area contributed by atoms with Crippen LogP contribution < -0.4 is 5.43 Å². The average Bonchev–Trinajstić information content (AvgIpc) is 2.92. The van der Waals surface area contributed by atoms with Gasteiger partial charge in [-0.05, 0) is 23.8 Å². The highest BCUT2D eigenvalue weighted by atomic mass is 79.9. The Morgan fingerprint density at radius 1 is 1.09 bits per heavy atom. The molecule has 0 saturated heterocycles. The van der Waals surface area contributed by atoms with E-state index in [4.69, 9.17) is 0 Å². The molecule has 0 radical (unpaired) electrons. The summed E-state index contributed by atoms with van der Waals surface area (Å²) < 4.78 is 0.999. The van der Waals surface area contributed by atoms with Gasteiger partial charge in [-0.3, -0.25) is 0 Å². The first-order valence-corrected chi connectivity index (χ1v) is 7.75. The number of rotatable bonds is 3. The fraction of sp³-hybridized carbons (Fsp3) is 0. The second-order valence-electron chi connectivity index (χ2n) is 4.93. The second-order valence-corrected chi connectivity index (χ2v) is 5.84. The predicted molar refractivity (Wildman–Crippen MR) is 94.5 cm³/mol. The van der Waals surface area contributed by atoms with Gasteiger partial charge < -0.3 is 4.98 Å². The van der Waals surface area contributed by atoms with Crippen molar-refractivity contribution in [2.75, 3.05) is 5.43 Å². The largest absolute Gasteiger partial charge is 0.338 e. The number of hydrogen-bond acceptors (Lipinski definition) is 5. The van der Waals surface area contributed by atoms with Gasteiger partial charge in [-0.2, -0.15) is 10.1 Å². The standard InChI is InChI=1S/C16H11BrN6/c17-11-5-3-4-10(8-11)9-18-22-16-20-15-14(21-23-16)12-6-1-2-7-13(12)19-15/h1-9H,(H2,19,20,22,23)/b18-9+. The van der Waals surface area contributed by atoms with Gasteiger partial charge in [0, 0.05) is 15.4 Å². The molecule has 2 heterocycles. The molecule has 0 aliphatic rings. The van der Waals surface area contributed by atoms with Gasteiger partial charge in [0.05, 0.1) is 6.21 Å². The van der Waals surface area contributed by atoms with Crippen LogP contribution in [0.15, 0.2) is 58.1 Å². The zero-order chi connectivity index (χ0) is 15.6. The zero-order valence-corrected chi connectivity index (χ0v) is 13.4. The van der Waals surface area contributed by atoms with Gasteiger partial charge in [0.2, 0.25) is 0 Å². The molecule has 0 spiro atoms. The van der Waals surface area contributed by atoms with E-state index in [9.17, 15) is 0 Å². The van der Waals surface area contributed by atoms with E-state index in [0.29, 0.717) is 11.6 Å². The number of aromatic nitrogens is 4. The quantitative estimate of drug-likeness (QED) is 0.427. The van der Waals surface area contributed by atoms with Crippen molar-refractivity contribution in [2.45, 2.75) is 0 Å². The Balaban J connectivity index is 1.61. The van der Waals surface area contributed by atoms with Crippen molar-refractivity contribution < 1.29 is 0 Å². The molecule has 0 saturated carbocycles. The number of hydrogen-bond donors (Lipinski definition) is 2. The van der Waals surface area contributed by atoms with E-state index < -0.39 is 0 Å². The molecule has 0 unspecified atom stereocenters. The Morgan fingerprint density at radius 3 is 2.91 bits per heavy atom. The van der Waals surface area contributed by atoms with E-state index in [1.807, 2.05) is 48.5 Å². The molecular weight excluding hydrogens is 356 g/mol. The Morgan fingerprint density at radius 2 is 2.00 bits per heavy atom. The van der Waals surface area contributed by atoms with Crippen molar-refractivity contribution in [1.82, 2.24) is 20.2 Å². The molecular formula is C16H11BrN6. The summed E-state index contributed by atoms with van der Waals surface area (Å²) in [6.07, 6.45) is 1.70. The normalized spacial score (nSPS) is 11.5. The third-order valence-electron chi connectivity index (χ3n) is 3.35. The number of fused-ring (bicyclic) bond motifs is 3. The highest BCUT2D eigenvalue weighted by Gasteiger charge is 2.07. The Labute approximate surface area is 139 Å². The third-order valence-corrected chi connectivity index (χ3v) is 3.84. The Hall–Kier alpha value is -2.80. The molecule has 0 aliphatic heterocycles. The van der Waals surface area contributed by atoms with Crippen LogP contribution in [0.2, 0.25) is 0 Å². The molecule has 0 atom stereocenters. The zero-order valence-electron chi connectivity index (χ0n) is 11.9. The minimum atomic E-state index is 0.343. The number of hydrazone groups is 1. The maximum atomic E-state index is 4.40. The lowest BCUT2D eigenvalue weighted by atomic mass is 10.2. The molecule has 4 aromatic rings. The molecule has 0 bridgehead atoms. The molecule has 7 heteroatoms. The maximum absolute atomic E-state index is 4.40. The number of nitrogens with one attached hydrogen (secondary N) is 2. The van der Waals surface area contributed by atoms with Crippen LogP contribution in [0.4, 0.5) is 5.95 Å². The van der Waals surface area contributed by atoms with Crippen LogP contribution in [0.5, 0.6) is 0 Å². The lowest BCUT2D eigenvalue weighted by Crippen LogP contribution is -1.98. The van der Waals surface area contributed by atoms with Gasteiger partial charge >= 0.3 is 0 Å². The Kier molecular flexibility index (Phi) is 3.47. The van der Waals surface area contributed by atoms with Crippen LogP contribution in [-0.4, -0.2) is 26.4 Å². The number of halogens is 1. The fourth-order valence-electron chi connectivity index (χ4n) is 2.32. The summed E-state index contributed by atoms with van der Waals surface area (Å²) in [4.78, 5) is 7.62. The van der Waals surface area contributed by atoms with Crippen LogP contribution in [-0.2, 0) is 0 Å². The van der Waals surface area contributed by atoms with Crippen molar-refractivity contribution in [3.63, 3.8) is 0 Å². The third kappa shape index (κ3) is 2.78. The van der Waals surface area contributed by atoms with Gasteiger partial charge in [0.1, 0.15) is 5.52 Å². The van der Waals surface area contributed by atoms with E-state index in [2.05, 4.69) is 46.6 Å². The van der Waals surface area contributed by atoms with E-state index in [-0.39, 0.29) is 0 Å². The summed E-state index contributed by atoms with van der Waals surface area (Å²) in [5.41, 5.74) is 6.18. The second kappa shape index (κ2) is 5.77. The smallest absolute Gasteiger partial charge is 0.265 e. The minimum Gasteiger partial charge on any atom is -0.338 e. The highest BCUT2D eigenvalue weighted by molar-refractivity contribution is 9.10. The molecule has 6 nitrogen and oxygen atoms in total. The van der Waals surface area contributed by atoms with Gasteiger partial charge in [0.15, 0.2) is 5.65 Å². The molecule has 112 valence electrons. The van der Waals surface area contributed by atoms with E-state index in [1.54, 1.807) is 6.21 Å². The first-order valence-electron chi connectivity index (χ1n) is 6.95. The van der Waals surface area contributed by atoms with Crippen molar-refractivity contribution in [1.29, 1.82) is 0 Å². The number of anilines is 1. The summed E-state index contributed by atoms with van der Waals surface area (Å²) in [7, 11) is 0. The van der Waals surface area contributed by atoms with E-state index >= 15 is 0 Å². The van der Waals surface area contributed by atoms with Crippen LogP contribution in [0.25, 0.3) is 22.1 Å². The summed E-state index contributed by atoms with van der Waals surface area (Å²) in [6.45, 7) is 0. The van der Waals surface area contributed by atoms with Crippen LogP contribution in [0.1, 0.15) is 5.56 Å². The van der Waals surface area contributed by atoms with Gasteiger partial charge in [-0.15, -0.1) is 10.2 Å². The van der Waals surface area contributed by atoms with Gasteiger partial charge in [-0.1, -0.05) is 46.3 Å². The van der Waals surface area contributed by atoms with Crippen molar-refractivity contribution in [2.24, 2.45) is 5.10 Å². The lowest BCUT2D eigenvalue weighted by molar-refractivity contribution is 1.01. The van der Waals surface area contributed by atoms with Crippen LogP contribution in [0.3, 0.4) is 0 Å². The average molecular weight is 367 g/mol. The minimum absolute atomic E-state index is 0.343. The number of aromatic amines is 1. The first-order chi connectivity index (χ1) is 11.3. The lowest BCUT2D eigenvalue weighted by Gasteiger charge is -1.97. The maximum Gasteiger partial charge on any atom is 0.265 e. The van der Waals surface area contributed by atoms with Crippen molar-refractivity contribution in [3.8, 4) is 0 Å². The number of benzene rings is 2. The van der Waals surface area contributed by atoms with Gasteiger partial charge in [0.25, 0.3) is 5.95 Å². The summed E-state index contributed by atoms with van der Waals surface area (Å²) >= 11 is 3.42. The number of H-pyrrole nitrogens is 1. The number of para-hydroxylation sites is 1. The number of nitrogens with zero attached hydrogens (tertiary/aromatic N) is 4. The summed E-state index contributed by atoms with van der Waals surface area (Å²) in [6, 6.07) is 15.7. The molecule has 0 aliphatic carbocycles. The molecule has 4 rings (SSSR count). The predicted octanol–water partition coefficient (Wildman–Crippen LogP) is 3.71.